The predicted molar refractivity (Wildman–Crippen MR) is 131 cm³/mol. The number of aromatic nitrogens is 3. The lowest BCUT2D eigenvalue weighted by molar-refractivity contribution is -0.125. The number of fused-ring (bicyclic) bond motifs is 1. The highest BCUT2D eigenvalue weighted by molar-refractivity contribution is 5.98. The van der Waals surface area contributed by atoms with Gasteiger partial charge in [0.05, 0.1) is 7.11 Å². The Morgan fingerprint density at radius 1 is 1.11 bits per heavy atom. The van der Waals surface area contributed by atoms with Crippen molar-refractivity contribution >= 4 is 17.5 Å². The third-order valence-corrected chi connectivity index (χ3v) is 6.26. The number of carbonyl (C=O) groups is 2. The number of benzene rings is 2. The first-order valence-corrected chi connectivity index (χ1v) is 11.2. The van der Waals surface area contributed by atoms with Crippen molar-refractivity contribution in [2.24, 2.45) is 5.73 Å². The van der Waals surface area contributed by atoms with Crippen LogP contribution in [-0.2, 0) is 4.79 Å². The minimum atomic E-state index is -0.589. The quantitative estimate of drug-likeness (QED) is 0.399. The van der Waals surface area contributed by atoms with E-state index >= 15 is 0 Å². The minimum absolute atomic E-state index is 0.0853. The van der Waals surface area contributed by atoms with E-state index in [1.165, 1.54) is 6.08 Å². The zero-order valence-corrected chi connectivity index (χ0v) is 19.2. The summed E-state index contributed by atoms with van der Waals surface area (Å²) in [5, 5.41) is 3.11. The van der Waals surface area contributed by atoms with Gasteiger partial charge in [-0.25, -0.2) is 9.50 Å². The lowest BCUT2D eigenvalue weighted by Crippen LogP contribution is -2.26. The molecule has 9 nitrogen and oxygen atoms in total. The second-order valence-electron chi connectivity index (χ2n) is 8.34. The molecule has 1 aliphatic heterocycles. The lowest BCUT2D eigenvalue weighted by Gasteiger charge is -2.13. The van der Waals surface area contributed by atoms with E-state index in [-0.39, 0.29) is 17.5 Å². The zero-order valence-electron chi connectivity index (χ0n) is 19.2. The summed E-state index contributed by atoms with van der Waals surface area (Å²) in [6.45, 7) is 4.79. The summed E-state index contributed by atoms with van der Waals surface area (Å²) < 4.78 is 12.7. The Kier molecular flexibility index (Phi) is 5.74. The molecule has 1 unspecified atom stereocenters. The number of primary amides is 1. The van der Waals surface area contributed by atoms with E-state index in [1.54, 1.807) is 16.5 Å². The number of methoxy groups -OCH3 is 1. The number of nitrogens with zero attached hydrogens (tertiary/aromatic N) is 3. The van der Waals surface area contributed by atoms with E-state index in [9.17, 15) is 9.59 Å². The van der Waals surface area contributed by atoms with Crippen molar-refractivity contribution in [3.05, 3.63) is 78.6 Å². The average Bonchev–Trinajstić information content (AvgIpc) is 3.59. The first-order valence-electron chi connectivity index (χ1n) is 11.2. The van der Waals surface area contributed by atoms with E-state index in [0.717, 1.165) is 23.3 Å². The average molecular weight is 472 g/mol. The number of nitrogens with two attached hydrogens (primary N) is 1. The lowest BCUT2D eigenvalue weighted by atomic mass is 10.0. The highest BCUT2D eigenvalue weighted by Gasteiger charge is 2.30. The van der Waals surface area contributed by atoms with E-state index in [0.29, 0.717) is 35.9 Å². The fourth-order valence-electron chi connectivity index (χ4n) is 4.47. The molecule has 1 saturated heterocycles. The number of amides is 2. The molecule has 178 valence electrons. The molecule has 0 aliphatic carbocycles. The van der Waals surface area contributed by atoms with Crippen LogP contribution in [-0.4, -0.2) is 51.5 Å². The zero-order chi connectivity index (χ0) is 24.5. The van der Waals surface area contributed by atoms with E-state index in [4.69, 9.17) is 20.2 Å². The molecule has 4 aromatic rings. The maximum atomic E-state index is 12.4. The van der Waals surface area contributed by atoms with Crippen LogP contribution < -0.4 is 15.2 Å². The molecule has 0 radical (unpaired) electrons. The van der Waals surface area contributed by atoms with Crippen LogP contribution in [0.1, 0.15) is 28.4 Å². The minimum Gasteiger partial charge on any atom is -0.497 e. The SMILES string of the molecule is C=CC(=O)N1CCC(c2c[nH]n3c(C(N)=O)c(-c4ccc(Oc5ccc(OC)cc5)cc4)nc23)C1. The summed E-state index contributed by atoms with van der Waals surface area (Å²) >= 11 is 0. The van der Waals surface area contributed by atoms with E-state index in [1.807, 2.05) is 54.7 Å². The molecular weight excluding hydrogens is 446 g/mol. The molecule has 2 amide bonds. The van der Waals surface area contributed by atoms with Gasteiger partial charge in [0, 0.05) is 36.3 Å². The number of imidazole rings is 1. The van der Waals surface area contributed by atoms with E-state index < -0.39 is 5.91 Å². The molecule has 3 N–H and O–H groups in total. The highest BCUT2D eigenvalue weighted by Crippen LogP contribution is 2.34. The molecule has 9 heteroatoms. The molecule has 2 aromatic carbocycles. The van der Waals surface area contributed by atoms with E-state index in [2.05, 4.69) is 11.7 Å². The topological polar surface area (TPSA) is 115 Å². The van der Waals surface area contributed by atoms with Crippen molar-refractivity contribution in [2.75, 3.05) is 20.2 Å². The van der Waals surface area contributed by atoms with Crippen LogP contribution in [0.2, 0.25) is 0 Å². The van der Waals surface area contributed by atoms with Crippen molar-refractivity contribution < 1.29 is 19.1 Å². The third-order valence-electron chi connectivity index (χ3n) is 6.26. The number of H-pyrrole nitrogens is 1. The number of aromatic amines is 1. The second kappa shape index (κ2) is 9.02. The number of rotatable bonds is 7. The molecule has 0 saturated carbocycles. The number of nitrogens with one attached hydrogen (secondary N) is 1. The van der Waals surface area contributed by atoms with Gasteiger partial charge < -0.3 is 20.1 Å². The van der Waals surface area contributed by atoms with Gasteiger partial charge in [-0.2, -0.15) is 0 Å². The molecular formula is C26H25N5O4. The Bertz CT molecular complexity index is 1400. The van der Waals surface area contributed by atoms with Gasteiger partial charge >= 0.3 is 0 Å². The van der Waals surface area contributed by atoms with Crippen LogP contribution in [0.5, 0.6) is 17.2 Å². The number of carbonyl (C=O) groups excluding carboxylic acids is 2. The van der Waals surface area contributed by atoms with Gasteiger partial charge in [-0.1, -0.05) is 6.58 Å². The molecule has 35 heavy (non-hydrogen) atoms. The van der Waals surface area contributed by atoms with Crippen molar-refractivity contribution in [1.29, 1.82) is 0 Å². The Labute approximate surface area is 201 Å². The van der Waals surface area contributed by atoms with Crippen molar-refractivity contribution in [3.8, 4) is 28.5 Å². The summed E-state index contributed by atoms with van der Waals surface area (Å²) in [6.07, 6.45) is 3.96. The van der Waals surface area contributed by atoms with Crippen LogP contribution >= 0.6 is 0 Å². The maximum absolute atomic E-state index is 12.4. The third kappa shape index (κ3) is 4.12. The normalized spacial score (nSPS) is 15.3. The van der Waals surface area contributed by atoms with Crippen LogP contribution in [0.15, 0.2) is 67.4 Å². The van der Waals surface area contributed by atoms with Gasteiger partial charge in [-0.15, -0.1) is 0 Å². The summed E-state index contributed by atoms with van der Waals surface area (Å²) in [5.41, 5.74) is 8.80. The monoisotopic (exact) mass is 471 g/mol. The first kappa shape index (κ1) is 22.3. The van der Waals surface area contributed by atoms with Gasteiger partial charge in [0.25, 0.3) is 5.91 Å². The molecule has 0 bridgehead atoms. The Morgan fingerprint density at radius 3 is 2.40 bits per heavy atom. The highest BCUT2D eigenvalue weighted by atomic mass is 16.5. The Hall–Kier alpha value is -4.53. The molecule has 3 heterocycles. The van der Waals surface area contributed by atoms with Gasteiger partial charge in [0.1, 0.15) is 22.9 Å². The Balaban J connectivity index is 1.43. The number of likely N-dealkylation sites (tertiary alicyclic amines) is 1. The molecule has 0 spiro atoms. The molecule has 5 rings (SSSR count). The van der Waals surface area contributed by atoms with Gasteiger partial charge in [-0.3, -0.25) is 14.7 Å². The van der Waals surface area contributed by atoms with Crippen molar-refractivity contribution in [1.82, 2.24) is 19.5 Å². The smallest absolute Gasteiger partial charge is 0.269 e. The van der Waals surface area contributed by atoms with Gasteiger partial charge in [-0.05, 0) is 61.0 Å². The molecule has 2 aromatic heterocycles. The van der Waals surface area contributed by atoms with Crippen LogP contribution in [0.4, 0.5) is 0 Å². The van der Waals surface area contributed by atoms with Gasteiger partial charge in [0.15, 0.2) is 11.3 Å². The largest absolute Gasteiger partial charge is 0.497 e. The standard InChI is InChI=1S/C26H25N5O4/c1-3-22(32)30-13-12-17(15-30)21-14-28-31-24(25(27)33)23(29-26(21)31)16-4-6-19(7-5-16)35-20-10-8-18(34-2)9-11-20/h3-11,14,17,28H,1,12-13,15H2,2H3,(H2,27,33). The summed E-state index contributed by atoms with van der Waals surface area (Å²) in [7, 11) is 1.61. The van der Waals surface area contributed by atoms with Crippen molar-refractivity contribution in [3.63, 3.8) is 0 Å². The number of ether oxygens (including phenoxy) is 2. The van der Waals surface area contributed by atoms with Crippen LogP contribution in [0.3, 0.4) is 0 Å². The molecule has 1 fully saturated rings. The predicted octanol–water partition coefficient (Wildman–Crippen LogP) is 3.73. The Morgan fingerprint density at radius 2 is 1.77 bits per heavy atom. The molecule has 1 atom stereocenters. The summed E-state index contributed by atoms with van der Waals surface area (Å²) in [4.78, 5) is 30.9. The number of hydrogen-bond acceptors (Lipinski definition) is 5. The van der Waals surface area contributed by atoms with Crippen LogP contribution in [0, 0.1) is 0 Å². The fourth-order valence-corrected chi connectivity index (χ4v) is 4.47. The second-order valence-corrected chi connectivity index (χ2v) is 8.34. The maximum Gasteiger partial charge on any atom is 0.269 e. The van der Waals surface area contributed by atoms with Crippen LogP contribution in [0.25, 0.3) is 16.9 Å². The number of hydrogen-bond donors (Lipinski definition) is 2. The molecule has 1 aliphatic rings. The van der Waals surface area contributed by atoms with Gasteiger partial charge in [0.2, 0.25) is 5.91 Å². The first-order chi connectivity index (χ1) is 17.0. The summed E-state index contributed by atoms with van der Waals surface area (Å²) in [5.74, 6) is 1.50. The van der Waals surface area contributed by atoms with Crippen molar-refractivity contribution in [2.45, 2.75) is 12.3 Å². The summed E-state index contributed by atoms with van der Waals surface area (Å²) in [6, 6.07) is 14.6. The fraction of sp³-hybridized carbons (Fsp3) is 0.192.